The molecule has 0 saturated heterocycles. The van der Waals surface area contributed by atoms with Gasteiger partial charge in [-0.3, -0.25) is 14.2 Å². The van der Waals surface area contributed by atoms with Gasteiger partial charge < -0.3 is 5.32 Å². The molecule has 5 nitrogen and oxygen atoms in total. The molecule has 1 N–H and O–H groups in total. The Hall–Kier alpha value is -2.14. The summed E-state index contributed by atoms with van der Waals surface area (Å²) in [6.45, 7) is 4.42. The molecule has 0 aliphatic carbocycles. The summed E-state index contributed by atoms with van der Waals surface area (Å²) in [5.41, 5.74) is 1.61. The van der Waals surface area contributed by atoms with E-state index in [1.54, 1.807) is 0 Å². The fraction of sp³-hybridized carbons (Fsp3) is 0.353. The first-order valence-corrected chi connectivity index (χ1v) is 7.91. The van der Waals surface area contributed by atoms with Gasteiger partial charge in [0.05, 0.1) is 12.0 Å². The van der Waals surface area contributed by atoms with Crippen molar-refractivity contribution in [3.8, 4) is 0 Å². The minimum Gasteiger partial charge on any atom is -0.354 e. The Bertz CT molecular complexity index is 723. The number of carbonyl (C=O) groups excluding carboxylic acids is 1. The topological polar surface area (TPSA) is 64.0 Å². The number of amides is 1. The highest BCUT2D eigenvalue weighted by Crippen LogP contribution is 2.09. The zero-order valence-corrected chi connectivity index (χ0v) is 14.0. The van der Waals surface area contributed by atoms with Crippen LogP contribution in [0.5, 0.6) is 0 Å². The van der Waals surface area contributed by atoms with Gasteiger partial charge in [-0.15, -0.1) is 0 Å². The van der Waals surface area contributed by atoms with E-state index in [4.69, 9.17) is 11.6 Å². The van der Waals surface area contributed by atoms with Crippen molar-refractivity contribution >= 4 is 17.5 Å². The van der Waals surface area contributed by atoms with Crippen molar-refractivity contribution < 1.29 is 4.79 Å². The Labute approximate surface area is 140 Å². The molecule has 0 saturated carbocycles. The molecule has 2 aromatic rings. The number of aromatic nitrogens is 2. The van der Waals surface area contributed by atoms with E-state index in [0.29, 0.717) is 18.0 Å². The minimum atomic E-state index is -0.212. The van der Waals surface area contributed by atoms with Crippen LogP contribution in [0.3, 0.4) is 0 Å². The average Bonchev–Trinajstić information content (AvgIpc) is 2.51. The van der Waals surface area contributed by atoms with Gasteiger partial charge in [-0.1, -0.05) is 37.6 Å². The standard InChI is InChI=1S/C17H20ClN3O2/c1-12(2)15-9-17(23)21(11-20-15)10-16(22)19-8-7-13-3-5-14(18)6-4-13/h3-6,9,11-12H,7-8,10H2,1-2H3,(H,19,22). The second-order valence-corrected chi connectivity index (χ2v) is 6.10. The molecule has 2 rings (SSSR count). The second kappa shape index (κ2) is 7.92. The zero-order chi connectivity index (χ0) is 16.8. The van der Waals surface area contributed by atoms with Crippen LogP contribution >= 0.6 is 11.6 Å². The molecule has 6 heteroatoms. The van der Waals surface area contributed by atoms with Crippen LogP contribution < -0.4 is 10.9 Å². The lowest BCUT2D eigenvalue weighted by Crippen LogP contribution is -2.33. The van der Waals surface area contributed by atoms with Gasteiger partial charge in [0.25, 0.3) is 5.56 Å². The molecule has 0 aliphatic heterocycles. The SMILES string of the molecule is CC(C)c1cc(=O)n(CC(=O)NCCc2ccc(Cl)cc2)cn1. The summed E-state index contributed by atoms with van der Waals surface area (Å²) < 4.78 is 1.31. The van der Waals surface area contributed by atoms with Gasteiger partial charge in [0.1, 0.15) is 6.54 Å². The Morgan fingerprint density at radius 1 is 1.30 bits per heavy atom. The van der Waals surface area contributed by atoms with Gasteiger partial charge in [-0.05, 0) is 30.0 Å². The summed E-state index contributed by atoms with van der Waals surface area (Å²) in [4.78, 5) is 28.0. The highest BCUT2D eigenvalue weighted by atomic mass is 35.5. The number of halogens is 1. The first-order valence-electron chi connectivity index (χ1n) is 7.53. The summed E-state index contributed by atoms with van der Waals surface area (Å²) in [5.74, 6) is -0.0225. The second-order valence-electron chi connectivity index (χ2n) is 5.66. The monoisotopic (exact) mass is 333 g/mol. The molecule has 0 radical (unpaired) electrons. The lowest BCUT2D eigenvalue weighted by molar-refractivity contribution is -0.121. The van der Waals surface area contributed by atoms with Crippen LogP contribution in [0.2, 0.25) is 5.02 Å². The molecule has 0 spiro atoms. The quantitative estimate of drug-likeness (QED) is 0.882. The Morgan fingerprint density at radius 3 is 2.61 bits per heavy atom. The summed E-state index contributed by atoms with van der Waals surface area (Å²) in [7, 11) is 0. The Kier molecular flexibility index (Phi) is 5.93. The maximum absolute atomic E-state index is 11.9. The number of hydrogen-bond acceptors (Lipinski definition) is 3. The number of benzene rings is 1. The summed E-state index contributed by atoms with van der Waals surface area (Å²) in [5, 5.41) is 3.49. The molecule has 0 unspecified atom stereocenters. The van der Waals surface area contributed by atoms with Gasteiger partial charge in [0.2, 0.25) is 5.91 Å². The predicted octanol–water partition coefficient (Wildman–Crippen LogP) is 2.38. The zero-order valence-electron chi connectivity index (χ0n) is 13.3. The normalized spacial score (nSPS) is 10.8. The van der Waals surface area contributed by atoms with Gasteiger partial charge in [0.15, 0.2) is 0 Å². The Morgan fingerprint density at radius 2 is 2.00 bits per heavy atom. The minimum absolute atomic E-state index is 0.0230. The van der Waals surface area contributed by atoms with Crippen LogP contribution in [0, 0.1) is 0 Å². The molecule has 0 fully saturated rings. The fourth-order valence-corrected chi connectivity index (χ4v) is 2.21. The van der Waals surface area contributed by atoms with Crippen molar-refractivity contribution in [2.75, 3.05) is 6.54 Å². The number of rotatable bonds is 6. The highest BCUT2D eigenvalue weighted by Gasteiger charge is 2.07. The largest absolute Gasteiger partial charge is 0.354 e. The molecule has 0 aliphatic rings. The molecule has 0 atom stereocenters. The summed E-state index contributed by atoms with van der Waals surface area (Å²) in [6, 6.07) is 8.97. The van der Waals surface area contributed by atoms with Crippen molar-refractivity contribution in [3.05, 3.63) is 63.3 Å². The van der Waals surface area contributed by atoms with E-state index in [2.05, 4.69) is 10.3 Å². The van der Waals surface area contributed by atoms with Crippen molar-refractivity contribution in [2.45, 2.75) is 32.7 Å². The van der Waals surface area contributed by atoms with E-state index in [-0.39, 0.29) is 23.9 Å². The summed E-state index contributed by atoms with van der Waals surface area (Å²) >= 11 is 5.82. The molecule has 1 aromatic heterocycles. The van der Waals surface area contributed by atoms with Gasteiger partial charge in [-0.25, -0.2) is 4.98 Å². The van der Waals surface area contributed by atoms with E-state index in [1.807, 2.05) is 38.1 Å². The smallest absolute Gasteiger partial charge is 0.254 e. The maximum atomic E-state index is 11.9. The molecule has 0 bridgehead atoms. The number of carbonyl (C=O) groups is 1. The molecular formula is C17H20ClN3O2. The van der Waals surface area contributed by atoms with Crippen molar-refractivity contribution in [3.63, 3.8) is 0 Å². The first-order chi connectivity index (χ1) is 11.0. The van der Waals surface area contributed by atoms with Crippen molar-refractivity contribution in [1.29, 1.82) is 0 Å². The molecule has 122 valence electrons. The van der Waals surface area contributed by atoms with E-state index >= 15 is 0 Å². The van der Waals surface area contributed by atoms with Crippen LogP contribution in [0.15, 0.2) is 41.5 Å². The van der Waals surface area contributed by atoms with Crippen molar-refractivity contribution in [1.82, 2.24) is 14.9 Å². The van der Waals surface area contributed by atoms with E-state index in [9.17, 15) is 9.59 Å². The third-order valence-electron chi connectivity index (χ3n) is 3.46. The number of nitrogens with one attached hydrogen (secondary N) is 1. The van der Waals surface area contributed by atoms with Gasteiger partial charge >= 0.3 is 0 Å². The molecule has 1 heterocycles. The van der Waals surface area contributed by atoms with Crippen LogP contribution in [0.1, 0.15) is 31.0 Å². The molecule has 1 amide bonds. The predicted molar refractivity (Wildman–Crippen MR) is 90.8 cm³/mol. The van der Waals surface area contributed by atoms with Crippen LogP contribution in [0.25, 0.3) is 0 Å². The number of nitrogens with zero attached hydrogens (tertiary/aromatic N) is 2. The van der Waals surface area contributed by atoms with Crippen molar-refractivity contribution in [2.24, 2.45) is 0 Å². The average molecular weight is 334 g/mol. The van der Waals surface area contributed by atoms with E-state index in [0.717, 1.165) is 11.3 Å². The maximum Gasteiger partial charge on any atom is 0.254 e. The molecular weight excluding hydrogens is 314 g/mol. The Balaban J connectivity index is 1.85. The fourth-order valence-electron chi connectivity index (χ4n) is 2.08. The lowest BCUT2D eigenvalue weighted by atomic mass is 10.1. The van der Waals surface area contributed by atoms with Gasteiger partial charge in [0, 0.05) is 17.6 Å². The number of hydrogen-bond donors (Lipinski definition) is 1. The van der Waals surface area contributed by atoms with E-state index < -0.39 is 0 Å². The van der Waals surface area contributed by atoms with E-state index in [1.165, 1.54) is 17.0 Å². The molecule has 23 heavy (non-hydrogen) atoms. The first kappa shape index (κ1) is 17.2. The van der Waals surface area contributed by atoms with Crippen LogP contribution in [-0.4, -0.2) is 22.0 Å². The summed E-state index contributed by atoms with van der Waals surface area (Å²) in [6.07, 6.45) is 2.14. The van der Waals surface area contributed by atoms with Crippen LogP contribution in [-0.2, 0) is 17.8 Å². The highest BCUT2D eigenvalue weighted by molar-refractivity contribution is 6.30. The van der Waals surface area contributed by atoms with Crippen LogP contribution in [0.4, 0.5) is 0 Å². The third kappa shape index (κ3) is 5.21. The lowest BCUT2D eigenvalue weighted by Gasteiger charge is -2.09. The van der Waals surface area contributed by atoms with Gasteiger partial charge in [-0.2, -0.15) is 0 Å². The molecule has 1 aromatic carbocycles. The third-order valence-corrected chi connectivity index (χ3v) is 3.71.